The Morgan fingerprint density at radius 1 is 1.11 bits per heavy atom. The molecule has 4 fully saturated rings. The predicted molar refractivity (Wildman–Crippen MR) is 143 cm³/mol. The lowest BCUT2D eigenvalue weighted by molar-refractivity contribution is -0.197. The quantitative estimate of drug-likeness (QED) is 0.536. The van der Waals surface area contributed by atoms with Gasteiger partial charge in [-0.25, -0.2) is 4.98 Å². The maximum Gasteiger partial charge on any atom is 0.255 e. The number of benzene rings is 2. The van der Waals surface area contributed by atoms with Crippen molar-refractivity contribution in [2.24, 2.45) is 5.41 Å². The van der Waals surface area contributed by atoms with Gasteiger partial charge in [0.2, 0.25) is 0 Å². The Morgan fingerprint density at radius 2 is 1.95 bits per heavy atom. The zero-order valence-electron chi connectivity index (χ0n) is 21.9. The Hall–Kier alpha value is -2.82. The van der Waals surface area contributed by atoms with E-state index in [1.165, 1.54) is 12.8 Å². The highest BCUT2D eigenvalue weighted by Crippen LogP contribution is 2.45. The smallest absolute Gasteiger partial charge is 0.255 e. The van der Waals surface area contributed by atoms with Crippen LogP contribution in [0.2, 0.25) is 0 Å². The van der Waals surface area contributed by atoms with E-state index in [0.717, 1.165) is 38.2 Å². The molecule has 0 aliphatic carbocycles. The molecule has 9 nitrogen and oxygen atoms in total. The maximum atomic E-state index is 12.8. The summed E-state index contributed by atoms with van der Waals surface area (Å²) in [5.41, 5.74) is 3.27. The zero-order valence-corrected chi connectivity index (χ0v) is 21.9. The number of carbonyl (C=O) groups excluding carboxylic acids is 1. The molecular formula is C29H35N5O4. The third-order valence-corrected chi connectivity index (χ3v) is 8.58. The van der Waals surface area contributed by atoms with E-state index in [0.29, 0.717) is 22.2 Å². The molecule has 1 aromatic heterocycles. The predicted octanol–water partition coefficient (Wildman–Crippen LogP) is 3.39. The van der Waals surface area contributed by atoms with Gasteiger partial charge in [-0.1, -0.05) is 24.3 Å². The summed E-state index contributed by atoms with van der Waals surface area (Å²) in [6.07, 6.45) is 3.39. The molecule has 2 aromatic carbocycles. The number of carbonyl (C=O) groups is 1. The number of hydrogen-bond donors (Lipinski definition) is 2. The number of likely N-dealkylation sites (tertiary alicyclic amines) is 1. The second kappa shape index (κ2) is 9.14. The molecular weight excluding hydrogens is 482 g/mol. The van der Waals surface area contributed by atoms with E-state index in [4.69, 9.17) is 19.2 Å². The number of ether oxygens (including phenoxy) is 3. The Morgan fingerprint density at radius 3 is 2.76 bits per heavy atom. The summed E-state index contributed by atoms with van der Waals surface area (Å²) in [6.45, 7) is 9.18. The van der Waals surface area contributed by atoms with E-state index in [1.807, 2.05) is 54.8 Å². The second-order valence-corrected chi connectivity index (χ2v) is 11.7. The molecule has 9 heteroatoms. The van der Waals surface area contributed by atoms with Gasteiger partial charge in [0.05, 0.1) is 17.5 Å². The molecule has 4 saturated heterocycles. The van der Waals surface area contributed by atoms with Crippen LogP contribution < -0.4 is 10.6 Å². The zero-order chi connectivity index (χ0) is 25.9. The van der Waals surface area contributed by atoms with Gasteiger partial charge in [0.15, 0.2) is 12.0 Å². The van der Waals surface area contributed by atoms with Crippen LogP contribution in [-0.4, -0.2) is 77.2 Å². The van der Waals surface area contributed by atoms with E-state index >= 15 is 0 Å². The summed E-state index contributed by atoms with van der Waals surface area (Å²) in [4.78, 5) is 20.1. The Kier molecular flexibility index (Phi) is 5.83. The van der Waals surface area contributed by atoms with Gasteiger partial charge in [0.25, 0.3) is 5.91 Å². The molecule has 2 N–H and O–H groups in total. The minimum atomic E-state index is -0.678. The number of amides is 1. The number of nitrogens with zero attached hydrogens (tertiary/aromatic N) is 3. The minimum Gasteiger partial charge on any atom is -0.348 e. The number of para-hydroxylation sites is 1. The van der Waals surface area contributed by atoms with Crippen molar-refractivity contribution in [3.8, 4) is 0 Å². The normalized spacial score (nSPS) is 32.4. The van der Waals surface area contributed by atoms with Crippen molar-refractivity contribution in [2.75, 3.05) is 38.0 Å². The van der Waals surface area contributed by atoms with Gasteiger partial charge < -0.3 is 34.3 Å². The van der Waals surface area contributed by atoms with Gasteiger partial charge in [-0.05, 0) is 69.5 Å². The first-order valence-corrected chi connectivity index (χ1v) is 13.7. The highest BCUT2D eigenvalue weighted by atomic mass is 16.8. The van der Waals surface area contributed by atoms with Crippen LogP contribution in [0.1, 0.15) is 43.3 Å². The van der Waals surface area contributed by atoms with Crippen LogP contribution in [0.25, 0.3) is 11.0 Å². The lowest BCUT2D eigenvalue weighted by Crippen LogP contribution is -2.40. The van der Waals surface area contributed by atoms with Crippen molar-refractivity contribution in [3.05, 3.63) is 60.4 Å². The molecule has 200 valence electrons. The first-order valence-electron chi connectivity index (χ1n) is 13.7. The van der Waals surface area contributed by atoms with E-state index in [1.54, 1.807) is 18.5 Å². The summed E-state index contributed by atoms with van der Waals surface area (Å²) >= 11 is 0. The number of imidazole rings is 1. The molecule has 1 spiro atoms. The molecule has 4 aliphatic rings. The van der Waals surface area contributed by atoms with Crippen LogP contribution in [0, 0.1) is 5.41 Å². The third-order valence-electron chi connectivity index (χ3n) is 8.58. The molecule has 0 saturated carbocycles. The second-order valence-electron chi connectivity index (χ2n) is 11.7. The molecule has 7 rings (SSSR count). The van der Waals surface area contributed by atoms with Crippen LogP contribution >= 0.6 is 0 Å². The van der Waals surface area contributed by atoms with Crippen molar-refractivity contribution in [1.29, 1.82) is 0 Å². The summed E-state index contributed by atoms with van der Waals surface area (Å²) in [5.74, 6) is -0.845. The van der Waals surface area contributed by atoms with Gasteiger partial charge >= 0.3 is 0 Å². The van der Waals surface area contributed by atoms with E-state index in [-0.39, 0.29) is 30.4 Å². The van der Waals surface area contributed by atoms with Gasteiger partial charge in [-0.2, -0.15) is 0 Å². The number of nitrogens with one attached hydrogen (secondary N) is 2. The number of anilines is 1. The summed E-state index contributed by atoms with van der Waals surface area (Å²) in [6, 6.07) is 15.0. The molecule has 38 heavy (non-hydrogen) atoms. The summed E-state index contributed by atoms with van der Waals surface area (Å²) in [5, 5.41) is 6.57. The molecule has 0 bridgehead atoms. The lowest BCUT2D eigenvalue weighted by atomic mass is 9.86. The average molecular weight is 518 g/mol. The monoisotopic (exact) mass is 517 g/mol. The van der Waals surface area contributed by atoms with Gasteiger partial charge in [0, 0.05) is 25.2 Å². The lowest BCUT2D eigenvalue weighted by Gasteiger charge is -2.28. The van der Waals surface area contributed by atoms with Crippen LogP contribution in [0.5, 0.6) is 0 Å². The summed E-state index contributed by atoms with van der Waals surface area (Å²) < 4.78 is 21.5. The molecule has 5 atom stereocenters. The van der Waals surface area contributed by atoms with Crippen LogP contribution in [0.15, 0.2) is 54.9 Å². The maximum absolute atomic E-state index is 12.8. The van der Waals surface area contributed by atoms with E-state index < -0.39 is 5.79 Å². The van der Waals surface area contributed by atoms with Crippen LogP contribution in [0.3, 0.4) is 0 Å². The number of rotatable bonds is 5. The average Bonchev–Trinajstić information content (AvgIpc) is 3.72. The van der Waals surface area contributed by atoms with Crippen molar-refractivity contribution >= 4 is 22.6 Å². The molecule has 1 unspecified atom stereocenters. The van der Waals surface area contributed by atoms with Gasteiger partial charge in [-0.15, -0.1) is 0 Å². The third kappa shape index (κ3) is 4.23. The Balaban J connectivity index is 1.14. The van der Waals surface area contributed by atoms with Crippen molar-refractivity contribution in [3.63, 3.8) is 0 Å². The highest BCUT2D eigenvalue weighted by molar-refractivity contribution is 6.08. The SMILES string of the molecule is CC1(C)O[C@@H]2[C@H](O1)[C@@H](CN1CCC3(CCNC3)C1)O[C@H]2n1cnc2c(NC(=O)c3ccccc3)cccc21. The molecule has 5 heterocycles. The fourth-order valence-electron chi connectivity index (χ4n) is 6.76. The van der Waals surface area contributed by atoms with Crippen LogP contribution in [-0.2, 0) is 14.2 Å². The first kappa shape index (κ1) is 24.2. The van der Waals surface area contributed by atoms with Crippen molar-refractivity contribution in [2.45, 2.75) is 57.0 Å². The number of aromatic nitrogens is 2. The van der Waals surface area contributed by atoms with Gasteiger partial charge in [-0.3, -0.25) is 4.79 Å². The topological polar surface area (TPSA) is 89.9 Å². The van der Waals surface area contributed by atoms with Crippen LogP contribution in [0.4, 0.5) is 5.69 Å². The standard InChI is InChI=1S/C29H35N5O4/c1-28(2)37-24-22(15-33-14-12-29(17-33)11-13-30-16-29)36-27(25(24)38-28)34-18-31-23-20(9-6-10-21(23)34)32-26(35)19-7-4-3-5-8-19/h3-10,18,22,24-25,27,30H,11-17H2,1-2H3,(H,32,35)/t22-,24-,25-,27-,29?/m1/s1. The molecule has 4 aliphatic heterocycles. The van der Waals surface area contributed by atoms with E-state index in [9.17, 15) is 4.79 Å². The molecule has 0 radical (unpaired) electrons. The highest BCUT2D eigenvalue weighted by Gasteiger charge is 2.56. The van der Waals surface area contributed by atoms with Crippen molar-refractivity contribution < 1.29 is 19.0 Å². The molecule has 1 amide bonds. The fourth-order valence-corrected chi connectivity index (χ4v) is 6.76. The molecule has 3 aromatic rings. The minimum absolute atomic E-state index is 0.102. The largest absolute Gasteiger partial charge is 0.348 e. The van der Waals surface area contributed by atoms with Crippen molar-refractivity contribution in [1.82, 2.24) is 19.8 Å². The Labute approximate surface area is 222 Å². The van der Waals surface area contributed by atoms with E-state index in [2.05, 4.69) is 15.5 Å². The Bertz CT molecular complexity index is 1340. The number of fused-ring (bicyclic) bond motifs is 2. The summed E-state index contributed by atoms with van der Waals surface area (Å²) in [7, 11) is 0. The first-order chi connectivity index (χ1) is 18.4. The number of hydrogen-bond acceptors (Lipinski definition) is 7. The van der Waals surface area contributed by atoms with Gasteiger partial charge in [0.1, 0.15) is 23.8 Å². The fraction of sp³-hybridized carbons (Fsp3) is 0.517.